The number of hydrogen-bond acceptors (Lipinski definition) is 3. The van der Waals surface area contributed by atoms with E-state index in [2.05, 4.69) is 25.7 Å². The van der Waals surface area contributed by atoms with Gasteiger partial charge in [0.05, 0.1) is 13.2 Å². The molecule has 13 heavy (non-hydrogen) atoms. The largest absolute Gasteiger partial charge is 0.379 e. The number of nitrogens with two attached hydrogens (primary N) is 1. The monoisotopic (exact) mass is 186 g/mol. The van der Waals surface area contributed by atoms with Crippen molar-refractivity contribution in [3.63, 3.8) is 0 Å². The smallest absolute Gasteiger partial charge is 0.0594 e. The van der Waals surface area contributed by atoms with Crippen LogP contribution in [-0.4, -0.2) is 43.8 Å². The fourth-order valence-corrected chi connectivity index (χ4v) is 1.63. The van der Waals surface area contributed by atoms with E-state index in [9.17, 15) is 0 Å². The van der Waals surface area contributed by atoms with Crippen LogP contribution in [0.25, 0.3) is 0 Å². The zero-order valence-electron chi connectivity index (χ0n) is 9.05. The molecule has 1 fully saturated rings. The highest BCUT2D eigenvalue weighted by Gasteiger charge is 2.29. The zero-order valence-corrected chi connectivity index (χ0v) is 9.05. The first kappa shape index (κ1) is 11.0. The fraction of sp³-hybridized carbons (Fsp3) is 1.00. The molecule has 1 heterocycles. The van der Waals surface area contributed by atoms with Crippen LogP contribution in [0.3, 0.4) is 0 Å². The Balaban J connectivity index is 2.49. The number of hydrogen-bond donors (Lipinski definition) is 1. The Morgan fingerprint density at radius 1 is 1.38 bits per heavy atom. The molecule has 0 aromatic rings. The third kappa shape index (κ3) is 2.66. The predicted molar refractivity (Wildman–Crippen MR) is 54.7 cm³/mol. The van der Waals surface area contributed by atoms with Crippen molar-refractivity contribution in [2.75, 3.05) is 32.8 Å². The summed E-state index contributed by atoms with van der Waals surface area (Å²) in [6.45, 7) is 11.3. The summed E-state index contributed by atoms with van der Waals surface area (Å²) in [5.74, 6) is 0. The lowest BCUT2D eigenvalue weighted by atomic mass is 9.84. The summed E-state index contributed by atoms with van der Waals surface area (Å²) in [6.07, 6.45) is 0. The van der Waals surface area contributed by atoms with E-state index < -0.39 is 0 Å². The Kier molecular flexibility index (Phi) is 3.71. The Hall–Kier alpha value is -0.120. The topological polar surface area (TPSA) is 38.5 Å². The standard InChI is InChI=1S/C10H22N2O/c1-9(10(2,3)8-11)12-4-6-13-7-5-12/h9H,4-8,11H2,1-3H3. The first-order valence-electron chi connectivity index (χ1n) is 5.10. The van der Waals surface area contributed by atoms with Crippen molar-refractivity contribution in [2.45, 2.75) is 26.8 Å². The van der Waals surface area contributed by atoms with Crippen LogP contribution in [0.2, 0.25) is 0 Å². The summed E-state index contributed by atoms with van der Waals surface area (Å²) in [6, 6.07) is 0.543. The van der Waals surface area contributed by atoms with Crippen molar-refractivity contribution in [2.24, 2.45) is 11.1 Å². The highest BCUT2D eigenvalue weighted by molar-refractivity contribution is 4.84. The van der Waals surface area contributed by atoms with Gasteiger partial charge in [0.15, 0.2) is 0 Å². The van der Waals surface area contributed by atoms with Crippen molar-refractivity contribution >= 4 is 0 Å². The van der Waals surface area contributed by atoms with Crippen molar-refractivity contribution < 1.29 is 4.74 Å². The number of ether oxygens (including phenoxy) is 1. The molecule has 3 nitrogen and oxygen atoms in total. The summed E-state index contributed by atoms with van der Waals surface area (Å²) in [5, 5.41) is 0. The second-order valence-corrected chi connectivity index (χ2v) is 4.52. The average molecular weight is 186 g/mol. The Morgan fingerprint density at radius 2 is 1.92 bits per heavy atom. The lowest BCUT2D eigenvalue weighted by Gasteiger charge is -2.41. The number of rotatable bonds is 3. The molecule has 1 saturated heterocycles. The minimum atomic E-state index is 0.206. The molecule has 2 N–H and O–H groups in total. The van der Waals surface area contributed by atoms with E-state index in [4.69, 9.17) is 10.5 Å². The van der Waals surface area contributed by atoms with Gasteiger partial charge in [-0.1, -0.05) is 13.8 Å². The molecule has 0 aromatic carbocycles. The van der Waals surface area contributed by atoms with Gasteiger partial charge in [-0.05, 0) is 18.9 Å². The molecule has 0 spiro atoms. The Morgan fingerprint density at radius 3 is 2.38 bits per heavy atom. The second kappa shape index (κ2) is 4.40. The maximum atomic E-state index is 5.76. The van der Waals surface area contributed by atoms with Crippen molar-refractivity contribution in [1.29, 1.82) is 0 Å². The van der Waals surface area contributed by atoms with Gasteiger partial charge in [-0.25, -0.2) is 0 Å². The predicted octanol–water partition coefficient (Wildman–Crippen LogP) is 0.692. The van der Waals surface area contributed by atoms with Crippen molar-refractivity contribution in [1.82, 2.24) is 4.90 Å². The van der Waals surface area contributed by atoms with Crippen LogP contribution in [0.5, 0.6) is 0 Å². The van der Waals surface area contributed by atoms with Gasteiger partial charge in [-0.3, -0.25) is 4.90 Å². The summed E-state index contributed by atoms with van der Waals surface area (Å²) in [4.78, 5) is 2.47. The first-order valence-corrected chi connectivity index (χ1v) is 5.10. The lowest BCUT2D eigenvalue weighted by Crippen LogP contribution is -2.50. The maximum Gasteiger partial charge on any atom is 0.0594 e. The molecule has 0 saturated carbocycles. The average Bonchev–Trinajstić information content (AvgIpc) is 2.18. The summed E-state index contributed by atoms with van der Waals surface area (Å²) in [7, 11) is 0. The molecule has 0 bridgehead atoms. The van der Waals surface area contributed by atoms with Gasteiger partial charge in [0, 0.05) is 19.1 Å². The highest BCUT2D eigenvalue weighted by Crippen LogP contribution is 2.23. The van der Waals surface area contributed by atoms with Gasteiger partial charge in [-0.15, -0.1) is 0 Å². The van der Waals surface area contributed by atoms with Crippen molar-refractivity contribution in [3.05, 3.63) is 0 Å². The molecule has 1 unspecified atom stereocenters. The van der Waals surface area contributed by atoms with Crippen LogP contribution in [0.1, 0.15) is 20.8 Å². The summed E-state index contributed by atoms with van der Waals surface area (Å²) < 4.78 is 5.32. The van der Waals surface area contributed by atoms with Crippen molar-refractivity contribution in [3.8, 4) is 0 Å². The maximum absolute atomic E-state index is 5.76. The normalized spacial score (nSPS) is 23.1. The van der Waals surface area contributed by atoms with E-state index in [0.29, 0.717) is 6.04 Å². The first-order chi connectivity index (χ1) is 6.08. The third-order valence-corrected chi connectivity index (χ3v) is 3.25. The van der Waals surface area contributed by atoms with E-state index in [1.165, 1.54) is 0 Å². The Labute approximate surface area is 81.2 Å². The summed E-state index contributed by atoms with van der Waals surface area (Å²) >= 11 is 0. The van der Waals surface area contributed by atoms with Crippen LogP contribution in [0.4, 0.5) is 0 Å². The molecule has 1 atom stereocenters. The molecule has 3 heteroatoms. The SMILES string of the molecule is CC(N1CCOCC1)C(C)(C)CN. The number of nitrogens with zero attached hydrogens (tertiary/aromatic N) is 1. The van der Waals surface area contributed by atoms with Gasteiger partial charge in [0.1, 0.15) is 0 Å². The van der Waals surface area contributed by atoms with E-state index in [1.54, 1.807) is 0 Å². The molecular formula is C10H22N2O. The van der Waals surface area contributed by atoms with E-state index in [1.807, 2.05) is 0 Å². The van der Waals surface area contributed by atoms with Crippen LogP contribution >= 0.6 is 0 Å². The zero-order chi connectivity index (χ0) is 9.90. The molecule has 1 rings (SSSR count). The van der Waals surface area contributed by atoms with E-state index >= 15 is 0 Å². The molecule has 0 amide bonds. The number of morpholine rings is 1. The second-order valence-electron chi connectivity index (χ2n) is 4.52. The van der Waals surface area contributed by atoms with Gasteiger partial charge < -0.3 is 10.5 Å². The van der Waals surface area contributed by atoms with E-state index in [-0.39, 0.29) is 5.41 Å². The molecule has 1 aliphatic heterocycles. The molecule has 0 aromatic heterocycles. The van der Waals surface area contributed by atoms with Gasteiger partial charge in [0.25, 0.3) is 0 Å². The molecule has 0 aliphatic carbocycles. The molecule has 0 radical (unpaired) electrons. The van der Waals surface area contributed by atoms with Gasteiger partial charge >= 0.3 is 0 Å². The molecular weight excluding hydrogens is 164 g/mol. The van der Waals surface area contributed by atoms with Gasteiger partial charge in [-0.2, -0.15) is 0 Å². The fourth-order valence-electron chi connectivity index (χ4n) is 1.63. The minimum absolute atomic E-state index is 0.206. The molecule has 1 aliphatic rings. The van der Waals surface area contributed by atoms with E-state index in [0.717, 1.165) is 32.8 Å². The van der Waals surface area contributed by atoms with Gasteiger partial charge in [0.2, 0.25) is 0 Å². The minimum Gasteiger partial charge on any atom is -0.379 e. The third-order valence-electron chi connectivity index (χ3n) is 3.25. The summed E-state index contributed by atoms with van der Waals surface area (Å²) in [5.41, 5.74) is 5.96. The molecule has 78 valence electrons. The highest BCUT2D eigenvalue weighted by atomic mass is 16.5. The van der Waals surface area contributed by atoms with Crippen LogP contribution in [0, 0.1) is 5.41 Å². The quantitative estimate of drug-likeness (QED) is 0.705. The van der Waals surface area contributed by atoms with Crippen LogP contribution in [0.15, 0.2) is 0 Å². The Bertz CT molecular complexity index is 153. The lowest BCUT2D eigenvalue weighted by molar-refractivity contribution is -0.00642. The van der Waals surface area contributed by atoms with Crippen LogP contribution in [-0.2, 0) is 4.74 Å². The van der Waals surface area contributed by atoms with Crippen LogP contribution < -0.4 is 5.73 Å².